The lowest BCUT2D eigenvalue weighted by molar-refractivity contribution is -0.137. The van der Waals surface area contributed by atoms with Gasteiger partial charge in [-0.15, -0.1) is 0 Å². The number of nitrogens with zero attached hydrogens (tertiary/aromatic N) is 2. The minimum absolute atomic E-state index is 0.385. The number of rotatable bonds is 2. The van der Waals surface area contributed by atoms with Crippen molar-refractivity contribution < 1.29 is 13.2 Å². The molecule has 0 saturated carbocycles. The van der Waals surface area contributed by atoms with Crippen molar-refractivity contribution >= 4 is 5.82 Å². The highest BCUT2D eigenvalue weighted by Crippen LogP contribution is 2.30. The van der Waals surface area contributed by atoms with Gasteiger partial charge in [-0.25, -0.2) is 9.97 Å². The summed E-state index contributed by atoms with van der Waals surface area (Å²) in [6.45, 7) is 0. The minimum Gasteiger partial charge on any atom is -0.373 e. The van der Waals surface area contributed by atoms with Crippen LogP contribution in [-0.4, -0.2) is 17.0 Å². The van der Waals surface area contributed by atoms with Crippen molar-refractivity contribution in [3.8, 4) is 11.4 Å². The summed E-state index contributed by atoms with van der Waals surface area (Å²) in [5.74, 6) is 0.996. The average Bonchev–Trinajstić information content (AvgIpc) is 2.38. The van der Waals surface area contributed by atoms with Gasteiger partial charge in [0.15, 0.2) is 5.82 Å². The van der Waals surface area contributed by atoms with Gasteiger partial charge in [-0.05, 0) is 18.2 Å². The quantitative estimate of drug-likeness (QED) is 0.893. The molecular weight excluding hydrogens is 243 g/mol. The second-order valence-electron chi connectivity index (χ2n) is 3.59. The second-order valence-corrected chi connectivity index (χ2v) is 3.59. The van der Waals surface area contributed by atoms with Crippen molar-refractivity contribution in [1.82, 2.24) is 9.97 Å². The molecule has 3 nitrogen and oxygen atoms in total. The molecule has 2 aromatic rings. The number of benzene rings is 1. The molecule has 0 aliphatic rings. The number of nitrogens with one attached hydrogen (secondary N) is 1. The van der Waals surface area contributed by atoms with Crippen LogP contribution in [-0.2, 0) is 6.18 Å². The summed E-state index contributed by atoms with van der Waals surface area (Å²) >= 11 is 0. The van der Waals surface area contributed by atoms with Crippen molar-refractivity contribution in [3.63, 3.8) is 0 Å². The van der Waals surface area contributed by atoms with E-state index in [0.29, 0.717) is 17.2 Å². The molecule has 0 radical (unpaired) electrons. The van der Waals surface area contributed by atoms with E-state index >= 15 is 0 Å². The molecule has 0 aliphatic heterocycles. The summed E-state index contributed by atoms with van der Waals surface area (Å²) in [7, 11) is 1.71. The Morgan fingerprint density at radius 1 is 1.06 bits per heavy atom. The Balaban J connectivity index is 2.34. The molecule has 2 rings (SSSR count). The van der Waals surface area contributed by atoms with Gasteiger partial charge in [0.25, 0.3) is 0 Å². The molecule has 1 N–H and O–H groups in total. The maximum atomic E-state index is 12.4. The highest BCUT2D eigenvalue weighted by molar-refractivity contribution is 5.57. The molecule has 0 fully saturated rings. The Bertz CT molecular complexity index is 535. The molecule has 6 heteroatoms. The summed E-state index contributed by atoms with van der Waals surface area (Å²) in [6.07, 6.45) is -2.78. The zero-order chi connectivity index (χ0) is 13.2. The largest absolute Gasteiger partial charge is 0.416 e. The van der Waals surface area contributed by atoms with Crippen LogP contribution in [0.2, 0.25) is 0 Å². The smallest absolute Gasteiger partial charge is 0.373 e. The van der Waals surface area contributed by atoms with Gasteiger partial charge < -0.3 is 5.32 Å². The maximum Gasteiger partial charge on any atom is 0.416 e. The van der Waals surface area contributed by atoms with E-state index in [9.17, 15) is 13.2 Å². The summed E-state index contributed by atoms with van der Waals surface area (Å²) in [6, 6.07) is 6.43. The zero-order valence-electron chi connectivity index (χ0n) is 9.49. The van der Waals surface area contributed by atoms with E-state index in [0.717, 1.165) is 12.1 Å². The van der Waals surface area contributed by atoms with Crippen LogP contribution in [0.15, 0.2) is 36.5 Å². The van der Waals surface area contributed by atoms with Crippen molar-refractivity contribution in [3.05, 3.63) is 42.1 Å². The number of hydrogen-bond acceptors (Lipinski definition) is 3. The zero-order valence-corrected chi connectivity index (χ0v) is 9.49. The normalized spacial score (nSPS) is 11.3. The standard InChI is InChI=1S/C12H10F3N3/c1-16-10-6-7-17-11(18-10)8-2-4-9(5-3-8)12(13,14)15/h2-7H,1H3,(H,16,17,18). The lowest BCUT2D eigenvalue weighted by Crippen LogP contribution is -2.04. The van der Waals surface area contributed by atoms with Crippen LogP contribution in [0.4, 0.5) is 19.0 Å². The highest BCUT2D eigenvalue weighted by atomic mass is 19.4. The van der Waals surface area contributed by atoms with Gasteiger partial charge in [0.1, 0.15) is 5.82 Å². The van der Waals surface area contributed by atoms with E-state index in [1.54, 1.807) is 19.3 Å². The van der Waals surface area contributed by atoms with E-state index in [2.05, 4.69) is 15.3 Å². The molecule has 0 spiro atoms. The Hall–Kier alpha value is -2.11. The lowest BCUT2D eigenvalue weighted by atomic mass is 10.1. The van der Waals surface area contributed by atoms with E-state index in [1.807, 2.05) is 0 Å². The first kappa shape index (κ1) is 12.3. The van der Waals surface area contributed by atoms with Crippen molar-refractivity contribution in [2.75, 3.05) is 12.4 Å². The number of hydrogen-bond donors (Lipinski definition) is 1. The Morgan fingerprint density at radius 3 is 2.28 bits per heavy atom. The third-order valence-corrected chi connectivity index (χ3v) is 2.38. The van der Waals surface area contributed by atoms with E-state index in [1.165, 1.54) is 12.1 Å². The SMILES string of the molecule is CNc1ccnc(-c2ccc(C(F)(F)F)cc2)n1. The summed E-state index contributed by atoms with van der Waals surface area (Å²) < 4.78 is 37.2. The molecule has 1 aromatic heterocycles. The molecule has 0 unspecified atom stereocenters. The van der Waals surface area contributed by atoms with Crippen LogP contribution in [0.5, 0.6) is 0 Å². The molecule has 1 aromatic carbocycles. The monoisotopic (exact) mass is 253 g/mol. The molecule has 0 atom stereocenters. The van der Waals surface area contributed by atoms with Crippen LogP contribution in [0.3, 0.4) is 0 Å². The minimum atomic E-state index is -4.33. The van der Waals surface area contributed by atoms with Crippen LogP contribution >= 0.6 is 0 Å². The molecule has 1 heterocycles. The first-order chi connectivity index (χ1) is 8.50. The maximum absolute atomic E-state index is 12.4. The third kappa shape index (κ3) is 2.58. The van der Waals surface area contributed by atoms with Gasteiger partial charge in [0.05, 0.1) is 5.56 Å². The Kier molecular flexibility index (Phi) is 3.18. The van der Waals surface area contributed by atoms with E-state index in [-0.39, 0.29) is 0 Å². The van der Waals surface area contributed by atoms with Crippen LogP contribution < -0.4 is 5.32 Å². The molecule has 94 valence electrons. The van der Waals surface area contributed by atoms with Gasteiger partial charge in [0.2, 0.25) is 0 Å². The summed E-state index contributed by atoms with van der Waals surface area (Å²) in [4.78, 5) is 8.17. The van der Waals surface area contributed by atoms with Gasteiger partial charge in [-0.2, -0.15) is 13.2 Å². The third-order valence-electron chi connectivity index (χ3n) is 2.38. The molecule has 0 saturated heterocycles. The van der Waals surface area contributed by atoms with Gasteiger partial charge in [-0.1, -0.05) is 12.1 Å². The summed E-state index contributed by atoms with van der Waals surface area (Å²) in [5.41, 5.74) is -0.142. The fourth-order valence-electron chi connectivity index (χ4n) is 1.45. The molecule has 0 bridgehead atoms. The van der Waals surface area contributed by atoms with Crippen LogP contribution in [0.1, 0.15) is 5.56 Å². The number of alkyl halides is 3. The van der Waals surface area contributed by atoms with Crippen molar-refractivity contribution in [2.45, 2.75) is 6.18 Å². The molecular formula is C12H10F3N3. The van der Waals surface area contributed by atoms with E-state index in [4.69, 9.17) is 0 Å². The predicted molar refractivity (Wildman–Crippen MR) is 62.0 cm³/mol. The number of aromatic nitrogens is 2. The van der Waals surface area contributed by atoms with Gasteiger partial charge >= 0.3 is 6.18 Å². The first-order valence-corrected chi connectivity index (χ1v) is 5.19. The molecule has 0 amide bonds. The van der Waals surface area contributed by atoms with E-state index < -0.39 is 11.7 Å². The van der Waals surface area contributed by atoms with Crippen LogP contribution in [0.25, 0.3) is 11.4 Å². The van der Waals surface area contributed by atoms with Crippen molar-refractivity contribution in [2.24, 2.45) is 0 Å². The first-order valence-electron chi connectivity index (χ1n) is 5.19. The Labute approximate surface area is 102 Å². The molecule has 18 heavy (non-hydrogen) atoms. The topological polar surface area (TPSA) is 37.8 Å². The summed E-state index contributed by atoms with van der Waals surface area (Å²) in [5, 5.41) is 2.84. The fourth-order valence-corrected chi connectivity index (χ4v) is 1.45. The van der Waals surface area contributed by atoms with Gasteiger partial charge in [-0.3, -0.25) is 0 Å². The highest BCUT2D eigenvalue weighted by Gasteiger charge is 2.30. The predicted octanol–water partition coefficient (Wildman–Crippen LogP) is 3.20. The number of anilines is 1. The lowest BCUT2D eigenvalue weighted by Gasteiger charge is -2.07. The van der Waals surface area contributed by atoms with Gasteiger partial charge in [0, 0.05) is 18.8 Å². The second kappa shape index (κ2) is 4.64. The number of halogens is 3. The molecule has 0 aliphatic carbocycles. The Morgan fingerprint density at radius 2 is 1.72 bits per heavy atom. The fraction of sp³-hybridized carbons (Fsp3) is 0.167. The van der Waals surface area contributed by atoms with Crippen molar-refractivity contribution in [1.29, 1.82) is 0 Å². The van der Waals surface area contributed by atoms with Crippen LogP contribution in [0, 0.1) is 0 Å². The average molecular weight is 253 g/mol.